The van der Waals surface area contributed by atoms with Gasteiger partial charge in [-0.3, -0.25) is 4.98 Å². The van der Waals surface area contributed by atoms with Crippen LogP contribution >= 0.6 is 0 Å². The van der Waals surface area contributed by atoms with Crippen LogP contribution in [-0.4, -0.2) is 43.1 Å². The molecule has 2 unspecified atom stereocenters. The molecular weight excluding hydrogens is 286 g/mol. The Balaban J connectivity index is 1.78. The second-order valence-electron chi connectivity index (χ2n) is 5.98. The van der Waals surface area contributed by atoms with Crippen molar-refractivity contribution in [1.82, 2.24) is 9.29 Å². The van der Waals surface area contributed by atoms with Crippen LogP contribution in [-0.2, 0) is 16.4 Å². The minimum atomic E-state index is -3.07. The van der Waals surface area contributed by atoms with Crippen molar-refractivity contribution in [1.29, 1.82) is 0 Å². The molecule has 2 rings (SSSR count). The van der Waals surface area contributed by atoms with E-state index in [9.17, 15) is 8.42 Å². The van der Waals surface area contributed by atoms with Crippen molar-refractivity contribution < 1.29 is 8.42 Å². The summed E-state index contributed by atoms with van der Waals surface area (Å²) in [5, 5.41) is 0. The average molecular weight is 311 g/mol. The number of hydrogen-bond donors (Lipinski definition) is 1. The number of hydrogen-bond acceptors (Lipinski definition) is 4. The van der Waals surface area contributed by atoms with Gasteiger partial charge in [0.25, 0.3) is 0 Å². The smallest absolute Gasteiger partial charge is 0.211 e. The van der Waals surface area contributed by atoms with E-state index < -0.39 is 10.0 Å². The second kappa shape index (κ2) is 7.33. The fraction of sp³-hybridized carbons (Fsp3) is 0.667. The average Bonchev–Trinajstić information content (AvgIpc) is 2.46. The molecule has 2 atom stereocenters. The molecule has 2 heterocycles. The highest BCUT2D eigenvalue weighted by molar-refractivity contribution is 7.88. The first-order valence-corrected chi connectivity index (χ1v) is 9.40. The molecule has 0 amide bonds. The number of aryl methyl sites for hydroxylation is 1. The topological polar surface area (TPSA) is 76.3 Å². The van der Waals surface area contributed by atoms with E-state index in [-0.39, 0.29) is 6.04 Å². The molecule has 0 aliphatic carbocycles. The Morgan fingerprint density at radius 1 is 1.48 bits per heavy atom. The van der Waals surface area contributed by atoms with Crippen molar-refractivity contribution in [3.8, 4) is 0 Å². The summed E-state index contributed by atoms with van der Waals surface area (Å²) in [4.78, 5) is 4.30. The van der Waals surface area contributed by atoms with Gasteiger partial charge in [0.05, 0.1) is 6.26 Å². The summed E-state index contributed by atoms with van der Waals surface area (Å²) >= 11 is 0. The van der Waals surface area contributed by atoms with Gasteiger partial charge in [-0.25, -0.2) is 12.7 Å². The number of piperidine rings is 1. The van der Waals surface area contributed by atoms with Crippen molar-refractivity contribution in [3.63, 3.8) is 0 Å². The molecule has 1 fully saturated rings. The van der Waals surface area contributed by atoms with Crippen molar-refractivity contribution in [3.05, 3.63) is 30.1 Å². The summed E-state index contributed by atoms with van der Waals surface area (Å²) in [6.45, 7) is 1.27. The number of rotatable bonds is 6. The van der Waals surface area contributed by atoms with E-state index in [4.69, 9.17) is 5.73 Å². The van der Waals surface area contributed by atoms with Gasteiger partial charge in [0.15, 0.2) is 0 Å². The van der Waals surface area contributed by atoms with Crippen LogP contribution in [0, 0.1) is 5.92 Å². The van der Waals surface area contributed by atoms with Gasteiger partial charge in [-0.15, -0.1) is 0 Å². The third-order valence-electron chi connectivity index (χ3n) is 4.08. The first-order chi connectivity index (χ1) is 9.95. The van der Waals surface area contributed by atoms with Crippen LogP contribution in [0.1, 0.15) is 31.4 Å². The first kappa shape index (κ1) is 16.4. The molecule has 118 valence electrons. The molecule has 1 aliphatic rings. The fourth-order valence-electron chi connectivity index (χ4n) is 2.95. The van der Waals surface area contributed by atoms with Crippen molar-refractivity contribution in [2.75, 3.05) is 19.3 Å². The van der Waals surface area contributed by atoms with Crippen molar-refractivity contribution in [2.45, 2.75) is 38.1 Å². The van der Waals surface area contributed by atoms with Gasteiger partial charge in [-0.2, -0.15) is 0 Å². The zero-order valence-corrected chi connectivity index (χ0v) is 13.4. The van der Waals surface area contributed by atoms with E-state index >= 15 is 0 Å². The summed E-state index contributed by atoms with van der Waals surface area (Å²) in [6, 6.07) is 6.01. The molecule has 1 aromatic heterocycles. The van der Waals surface area contributed by atoms with Gasteiger partial charge >= 0.3 is 0 Å². The predicted octanol–water partition coefficient (Wildman–Crippen LogP) is 1.40. The molecule has 1 saturated heterocycles. The highest BCUT2D eigenvalue weighted by Crippen LogP contribution is 2.23. The van der Waals surface area contributed by atoms with E-state index in [1.165, 1.54) is 6.26 Å². The third-order valence-corrected chi connectivity index (χ3v) is 5.35. The van der Waals surface area contributed by atoms with Crippen molar-refractivity contribution >= 4 is 10.0 Å². The minimum Gasteiger partial charge on any atom is -0.328 e. The van der Waals surface area contributed by atoms with E-state index in [2.05, 4.69) is 4.98 Å². The summed E-state index contributed by atoms with van der Waals surface area (Å²) in [7, 11) is -3.07. The van der Waals surface area contributed by atoms with Gasteiger partial charge < -0.3 is 5.73 Å². The van der Waals surface area contributed by atoms with E-state index in [0.717, 1.165) is 37.8 Å². The highest BCUT2D eigenvalue weighted by Gasteiger charge is 2.26. The van der Waals surface area contributed by atoms with Gasteiger partial charge in [-0.1, -0.05) is 6.07 Å². The number of sulfonamides is 1. The Morgan fingerprint density at radius 2 is 2.29 bits per heavy atom. The molecule has 0 saturated carbocycles. The van der Waals surface area contributed by atoms with E-state index in [0.29, 0.717) is 19.0 Å². The van der Waals surface area contributed by atoms with Gasteiger partial charge in [0.1, 0.15) is 0 Å². The number of nitrogens with two attached hydrogens (primary N) is 1. The van der Waals surface area contributed by atoms with Crippen LogP contribution in [0.15, 0.2) is 24.4 Å². The molecule has 2 N–H and O–H groups in total. The molecule has 0 spiro atoms. The lowest BCUT2D eigenvalue weighted by Crippen LogP contribution is -2.41. The van der Waals surface area contributed by atoms with E-state index in [1.54, 1.807) is 10.5 Å². The van der Waals surface area contributed by atoms with Crippen molar-refractivity contribution in [2.24, 2.45) is 11.7 Å². The molecule has 21 heavy (non-hydrogen) atoms. The highest BCUT2D eigenvalue weighted by atomic mass is 32.2. The minimum absolute atomic E-state index is 0.108. The predicted molar refractivity (Wildman–Crippen MR) is 84.3 cm³/mol. The molecule has 6 heteroatoms. The Bertz CT molecular complexity index is 533. The van der Waals surface area contributed by atoms with Crippen LogP contribution in [0.2, 0.25) is 0 Å². The Hall–Kier alpha value is -0.980. The lowest BCUT2D eigenvalue weighted by atomic mass is 9.91. The summed E-state index contributed by atoms with van der Waals surface area (Å²) < 4.78 is 24.8. The van der Waals surface area contributed by atoms with Crippen LogP contribution in [0.25, 0.3) is 0 Å². The summed E-state index contributed by atoms with van der Waals surface area (Å²) in [5.41, 5.74) is 7.28. The molecule has 0 bridgehead atoms. The normalized spacial score (nSPS) is 22.1. The third kappa shape index (κ3) is 5.37. The van der Waals surface area contributed by atoms with Gasteiger partial charge in [0.2, 0.25) is 10.0 Å². The van der Waals surface area contributed by atoms with Crippen LogP contribution in [0.4, 0.5) is 0 Å². The molecule has 0 radical (unpaired) electrons. The van der Waals surface area contributed by atoms with Gasteiger partial charge in [-0.05, 0) is 50.2 Å². The Morgan fingerprint density at radius 3 is 2.95 bits per heavy atom. The summed E-state index contributed by atoms with van der Waals surface area (Å²) in [6.07, 6.45) is 7.76. The number of nitrogens with zero attached hydrogens (tertiary/aromatic N) is 2. The molecule has 1 aromatic rings. The summed E-state index contributed by atoms with van der Waals surface area (Å²) in [5.74, 6) is 0.382. The largest absolute Gasteiger partial charge is 0.328 e. The molecular formula is C15H25N3O2S. The Labute approximate surface area is 127 Å². The molecule has 1 aliphatic heterocycles. The lowest BCUT2D eigenvalue weighted by molar-refractivity contribution is 0.244. The Kier molecular flexibility index (Phi) is 5.72. The second-order valence-corrected chi connectivity index (χ2v) is 7.97. The number of pyridine rings is 1. The standard InChI is InChI=1S/C15H25N3O2S/c1-21(19,20)18-10-4-5-13(12-18)11-14(16)7-8-15-6-2-3-9-17-15/h2-3,6,9,13-14H,4-5,7-8,10-12,16H2,1H3. The zero-order valence-electron chi connectivity index (χ0n) is 12.6. The molecule has 0 aromatic carbocycles. The number of aromatic nitrogens is 1. The van der Waals surface area contributed by atoms with Crippen LogP contribution in [0.3, 0.4) is 0 Å². The van der Waals surface area contributed by atoms with Gasteiger partial charge in [0, 0.05) is 31.0 Å². The maximum Gasteiger partial charge on any atom is 0.211 e. The van der Waals surface area contributed by atoms with E-state index in [1.807, 2.05) is 18.2 Å². The lowest BCUT2D eigenvalue weighted by Gasteiger charge is -2.32. The first-order valence-electron chi connectivity index (χ1n) is 7.56. The fourth-order valence-corrected chi connectivity index (χ4v) is 3.89. The molecule has 5 nitrogen and oxygen atoms in total. The van der Waals surface area contributed by atoms with Crippen LogP contribution < -0.4 is 5.73 Å². The maximum atomic E-state index is 11.6. The monoisotopic (exact) mass is 311 g/mol. The maximum absolute atomic E-state index is 11.6. The quantitative estimate of drug-likeness (QED) is 0.861. The zero-order chi connectivity index (χ0) is 15.3. The SMILES string of the molecule is CS(=O)(=O)N1CCCC(CC(N)CCc2ccccn2)C1. The van der Waals surface area contributed by atoms with Crippen LogP contribution in [0.5, 0.6) is 0 Å².